The van der Waals surface area contributed by atoms with Gasteiger partial charge in [0.2, 0.25) is 0 Å². The summed E-state index contributed by atoms with van der Waals surface area (Å²) in [6.45, 7) is 3.89. The van der Waals surface area contributed by atoms with Gasteiger partial charge in [0.15, 0.2) is 0 Å². The zero-order valence-corrected chi connectivity index (χ0v) is 12.7. The Kier molecular flexibility index (Phi) is 5.20. The highest BCUT2D eigenvalue weighted by molar-refractivity contribution is 5.69. The summed E-state index contributed by atoms with van der Waals surface area (Å²) in [6, 6.07) is 7.89. The minimum absolute atomic E-state index is 0.0511. The Labute approximate surface area is 125 Å². The van der Waals surface area contributed by atoms with E-state index in [0.29, 0.717) is 13.2 Å². The van der Waals surface area contributed by atoms with E-state index in [1.165, 1.54) is 0 Å². The number of aliphatic carboxylic acids is 1. The predicted molar refractivity (Wildman–Crippen MR) is 79.7 cm³/mol. The number of rotatable bonds is 6. The molecule has 0 bridgehead atoms. The highest BCUT2D eigenvalue weighted by atomic mass is 16.5. The van der Waals surface area contributed by atoms with E-state index in [0.717, 1.165) is 30.7 Å². The highest BCUT2D eigenvalue weighted by Crippen LogP contribution is 2.26. The molecular formula is C16H23NO4. The predicted octanol–water partition coefficient (Wildman–Crippen LogP) is 1.94. The third kappa shape index (κ3) is 4.44. The summed E-state index contributed by atoms with van der Waals surface area (Å²) in [6.07, 6.45) is 1.80. The Balaban J connectivity index is 1.98. The number of carbonyl (C=O) groups is 1. The Morgan fingerprint density at radius 3 is 2.95 bits per heavy atom. The molecule has 1 aliphatic heterocycles. The minimum atomic E-state index is -0.804. The largest absolute Gasteiger partial charge is 0.491 e. The van der Waals surface area contributed by atoms with Gasteiger partial charge in [0.1, 0.15) is 18.0 Å². The third-order valence-corrected chi connectivity index (χ3v) is 3.90. The first-order valence-corrected chi connectivity index (χ1v) is 7.22. The average Bonchev–Trinajstić information content (AvgIpc) is 2.45. The van der Waals surface area contributed by atoms with E-state index in [1.54, 1.807) is 7.11 Å². The van der Waals surface area contributed by atoms with Crippen molar-refractivity contribution in [3.8, 4) is 5.75 Å². The molecule has 5 nitrogen and oxygen atoms in total. The number of hydrogen-bond acceptors (Lipinski definition) is 4. The van der Waals surface area contributed by atoms with Gasteiger partial charge in [0.05, 0.1) is 6.54 Å². The molecule has 0 spiro atoms. The summed E-state index contributed by atoms with van der Waals surface area (Å²) in [5.41, 5.74) is 0.715. The lowest BCUT2D eigenvalue weighted by atomic mass is 9.93. The summed E-state index contributed by atoms with van der Waals surface area (Å²) in [5, 5.41) is 8.93. The number of likely N-dealkylation sites (tertiary alicyclic amines) is 1. The van der Waals surface area contributed by atoms with Crippen LogP contribution in [-0.2, 0) is 9.53 Å². The fraction of sp³-hybridized carbons (Fsp3) is 0.562. The van der Waals surface area contributed by atoms with Crippen LogP contribution in [0.3, 0.4) is 0 Å². The zero-order valence-electron chi connectivity index (χ0n) is 12.7. The first-order chi connectivity index (χ1) is 10.0. The molecule has 2 rings (SSSR count). The molecule has 116 valence electrons. The number of carboxylic acid groups (broad SMARTS) is 1. The number of ether oxygens (including phenoxy) is 2. The molecule has 1 fully saturated rings. The highest BCUT2D eigenvalue weighted by Gasteiger charge is 2.37. The number of benzene rings is 1. The van der Waals surface area contributed by atoms with Crippen molar-refractivity contribution in [3.05, 3.63) is 29.8 Å². The molecule has 0 unspecified atom stereocenters. The van der Waals surface area contributed by atoms with E-state index >= 15 is 0 Å². The van der Waals surface area contributed by atoms with Crippen molar-refractivity contribution < 1.29 is 19.4 Å². The van der Waals surface area contributed by atoms with Crippen LogP contribution in [-0.4, -0.2) is 54.9 Å². The molecule has 1 aliphatic rings. The van der Waals surface area contributed by atoms with Crippen molar-refractivity contribution in [2.24, 2.45) is 0 Å². The van der Waals surface area contributed by atoms with Gasteiger partial charge < -0.3 is 14.6 Å². The molecule has 0 amide bonds. The molecule has 0 saturated carbocycles. The van der Waals surface area contributed by atoms with Crippen LogP contribution in [0.4, 0.5) is 0 Å². The van der Waals surface area contributed by atoms with Gasteiger partial charge in [-0.15, -0.1) is 0 Å². The van der Waals surface area contributed by atoms with E-state index < -0.39 is 11.6 Å². The molecule has 0 radical (unpaired) electrons. The molecule has 21 heavy (non-hydrogen) atoms. The second-order valence-electron chi connectivity index (χ2n) is 5.70. The molecule has 1 aromatic rings. The van der Waals surface area contributed by atoms with Gasteiger partial charge in [0, 0.05) is 13.7 Å². The summed E-state index contributed by atoms with van der Waals surface area (Å²) in [5.74, 6) is 0.0169. The second kappa shape index (κ2) is 6.91. The normalized spacial score (nSPS) is 23.0. The fourth-order valence-electron chi connectivity index (χ4n) is 2.78. The molecule has 0 aliphatic carbocycles. The van der Waals surface area contributed by atoms with Crippen molar-refractivity contribution in [2.45, 2.75) is 25.4 Å². The van der Waals surface area contributed by atoms with Crippen LogP contribution in [0.25, 0.3) is 0 Å². The van der Waals surface area contributed by atoms with Gasteiger partial charge in [-0.1, -0.05) is 12.1 Å². The number of aryl methyl sites for hydroxylation is 1. The summed E-state index contributed by atoms with van der Waals surface area (Å²) in [4.78, 5) is 12.8. The van der Waals surface area contributed by atoms with Gasteiger partial charge in [-0.05, 0) is 44.0 Å². The molecule has 1 saturated heterocycles. The third-order valence-electron chi connectivity index (χ3n) is 3.90. The fourth-order valence-corrected chi connectivity index (χ4v) is 2.78. The summed E-state index contributed by atoms with van der Waals surface area (Å²) >= 11 is 0. The summed E-state index contributed by atoms with van der Waals surface area (Å²) < 4.78 is 11.6. The lowest BCUT2D eigenvalue weighted by Crippen LogP contribution is -2.53. The minimum Gasteiger partial charge on any atom is -0.491 e. The smallest absolute Gasteiger partial charge is 0.317 e. The van der Waals surface area contributed by atoms with Gasteiger partial charge in [-0.25, -0.2) is 0 Å². The van der Waals surface area contributed by atoms with E-state index in [9.17, 15) is 4.79 Å². The SMILES string of the molecule is CO[C@@]1(COc2cccc(C)c2)CCCN(CC(=O)O)C1. The Morgan fingerprint density at radius 1 is 1.48 bits per heavy atom. The topological polar surface area (TPSA) is 59.0 Å². The Morgan fingerprint density at radius 2 is 2.29 bits per heavy atom. The standard InChI is InChI=1S/C16H23NO4/c1-13-5-3-6-14(9-13)21-12-16(20-2)7-4-8-17(11-16)10-15(18)19/h3,5-6,9H,4,7-8,10-12H2,1-2H3,(H,18,19)/t16-/m0/s1. The van der Waals surface area contributed by atoms with E-state index in [1.807, 2.05) is 36.1 Å². The lowest BCUT2D eigenvalue weighted by molar-refractivity contribution is -0.141. The summed E-state index contributed by atoms with van der Waals surface area (Å²) in [7, 11) is 1.67. The molecule has 1 atom stereocenters. The number of nitrogens with zero attached hydrogens (tertiary/aromatic N) is 1. The van der Waals surface area contributed by atoms with Crippen LogP contribution in [0.5, 0.6) is 5.75 Å². The van der Waals surface area contributed by atoms with Crippen LogP contribution in [0.1, 0.15) is 18.4 Å². The quantitative estimate of drug-likeness (QED) is 0.868. The number of piperidine rings is 1. The van der Waals surface area contributed by atoms with E-state index in [2.05, 4.69) is 0 Å². The van der Waals surface area contributed by atoms with E-state index in [-0.39, 0.29) is 6.54 Å². The molecule has 1 heterocycles. The van der Waals surface area contributed by atoms with Crippen LogP contribution in [0, 0.1) is 6.92 Å². The van der Waals surface area contributed by atoms with Crippen molar-refractivity contribution in [3.63, 3.8) is 0 Å². The number of carboxylic acids is 1. The molecule has 5 heteroatoms. The van der Waals surface area contributed by atoms with Gasteiger partial charge in [0.25, 0.3) is 0 Å². The average molecular weight is 293 g/mol. The number of hydrogen-bond donors (Lipinski definition) is 1. The van der Waals surface area contributed by atoms with Crippen LogP contribution >= 0.6 is 0 Å². The maximum atomic E-state index is 10.9. The van der Waals surface area contributed by atoms with Gasteiger partial charge in [-0.3, -0.25) is 9.69 Å². The van der Waals surface area contributed by atoms with Crippen molar-refractivity contribution in [2.75, 3.05) is 33.4 Å². The van der Waals surface area contributed by atoms with Crippen molar-refractivity contribution in [1.29, 1.82) is 0 Å². The monoisotopic (exact) mass is 293 g/mol. The zero-order chi connectivity index (χ0) is 15.3. The number of methoxy groups -OCH3 is 1. The van der Waals surface area contributed by atoms with Gasteiger partial charge >= 0.3 is 5.97 Å². The Hall–Kier alpha value is -1.59. The first kappa shape index (κ1) is 15.8. The maximum Gasteiger partial charge on any atom is 0.317 e. The van der Waals surface area contributed by atoms with Crippen molar-refractivity contribution in [1.82, 2.24) is 4.90 Å². The van der Waals surface area contributed by atoms with E-state index in [4.69, 9.17) is 14.6 Å². The van der Waals surface area contributed by atoms with Crippen molar-refractivity contribution >= 4 is 5.97 Å². The Bertz CT molecular complexity index is 491. The van der Waals surface area contributed by atoms with Crippen LogP contribution < -0.4 is 4.74 Å². The van der Waals surface area contributed by atoms with Gasteiger partial charge in [-0.2, -0.15) is 0 Å². The molecule has 1 aromatic carbocycles. The second-order valence-corrected chi connectivity index (χ2v) is 5.70. The molecular weight excluding hydrogens is 270 g/mol. The van der Waals surface area contributed by atoms with Crippen LogP contribution in [0.2, 0.25) is 0 Å². The first-order valence-electron chi connectivity index (χ1n) is 7.22. The molecule has 1 N–H and O–H groups in total. The maximum absolute atomic E-state index is 10.9. The lowest BCUT2D eigenvalue weighted by Gasteiger charge is -2.40. The molecule has 0 aromatic heterocycles. The van der Waals surface area contributed by atoms with Crippen LogP contribution in [0.15, 0.2) is 24.3 Å².